The molecule has 0 saturated carbocycles. The summed E-state index contributed by atoms with van der Waals surface area (Å²) in [5.41, 5.74) is 0. The van der Waals surface area contributed by atoms with Gasteiger partial charge in [-0.15, -0.1) is 11.3 Å². The molecule has 0 bridgehead atoms. The second kappa shape index (κ2) is 7.83. The minimum atomic E-state index is -2.59. The Labute approximate surface area is 131 Å². The number of hydrogen-bond acceptors (Lipinski definition) is 4. The van der Waals surface area contributed by atoms with E-state index in [4.69, 9.17) is 0 Å². The molecule has 0 spiro atoms. The van der Waals surface area contributed by atoms with Gasteiger partial charge in [-0.2, -0.15) is 8.78 Å². The Morgan fingerprint density at radius 2 is 2.23 bits per heavy atom. The van der Waals surface area contributed by atoms with Crippen LogP contribution in [-0.4, -0.2) is 34.1 Å². The van der Waals surface area contributed by atoms with Gasteiger partial charge in [-0.25, -0.2) is 9.97 Å². The Balaban J connectivity index is 1.79. The van der Waals surface area contributed by atoms with Crippen LogP contribution in [0.1, 0.15) is 22.3 Å². The zero-order valence-electron chi connectivity index (χ0n) is 12.4. The molecule has 0 saturated heterocycles. The summed E-state index contributed by atoms with van der Waals surface area (Å²) in [6.07, 6.45) is 5.23. The number of thiazole rings is 1. The van der Waals surface area contributed by atoms with Crippen LogP contribution in [0, 0.1) is 6.92 Å². The monoisotopic (exact) mass is 328 g/mol. The van der Waals surface area contributed by atoms with Gasteiger partial charge in [-0.05, 0) is 6.92 Å². The van der Waals surface area contributed by atoms with Crippen LogP contribution in [-0.2, 0) is 13.0 Å². The van der Waals surface area contributed by atoms with E-state index >= 15 is 0 Å². The van der Waals surface area contributed by atoms with Gasteiger partial charge >= 0.3 is 6.55 Å². The number of rotatable bonds is 6. The van der Waals surface area contributed by atoms with E-state index in [0.717, 1.165) is 16.0 Å². The van der Waals surface area contributed by atoms with Gasteiger partial charge in [0, 0.05) is 43.5 Å². The van der Waals surface area contributed by atoms with Gasteiger partial charge in [-0.1, -0.05) is 0 Å². The number of aryl methyl sites for hydroxylation is 1. The maximum Gasteiger partial charge on any atom is 0.319 e. The Bertz CT molecular complexity index is 622. The number of guanidine groups is 1. The molecule has 0 fully saturated rings. The van der Waals surface area contributed by atoms with E-state index in [1.54, 1.807) is 18.4 Å². The molecular weight excluding hydrogens is 310 g/mol. The fourth-order valence-electron chi connectivity index (χ4n) is 1.85. The van der Waals surface area contributed by atoms with Gasteiger partial charge in [0.2, 0.25) is 0 Å². The normalized spacial score (nSPS) is 12.0. The molecule has 2 aromatic rings. The number of halogens is 2. The van der Waals surface area contributed by atoms with Crippen LogP contribution in [0.3, 0.4) is 0 Å². The van der Waals surface area contributed by atoms with E-state index in [9.17, 15) is 8.78 Å². The summed E-state index contributed by atoms with van der Waals surface area (Å²) in [6, 6.07) is 0. The van der Waals surface area contributed by atoms with E-state index in [0.29, 0.717) is 12.5 Å². The van der Waals surface area contributed by atoms with Crippen LogP contribution in [0.2, 0.25) is 0 Å². The number of alkyl halides is 2. The van der Waals surface area contributed by atoms with Crippen molar-refractivity contribution in [3.05, 3.63) is 34.3 Å². The molecule has 0 aromatic carbocycles. The van der Waals surface area contributed by atoms with Crippen LogP contribution >= 0.6 is 11.3 Å². The van der Waals surface area contributed by atoms with Crippen LogP contribution < -0.4 is 10.6 Å². The molecule has 0 aliphatic rings. The second-order valence-corrected chi connectivity index (χ2v) is 5.81. The summed E-state index contributed by atoms with van der Waals surface area (Å²) in [5, 5.41) is 7.13. The SMILES string of the molecule is CN=C(NCCc1ncc(C)s1)NCc1nccn1C(F)F. The zero-order valence-corrected chi connectivity index (χ0v) is 13.2. The molecule has 9 heteroatoms. The maximum atomic E-state index is 12.7. The van der Waals surface area contributed by atoms with Crippen molar-refractivity contribution >= 4 is 17.3 Å². The molecule has 0 atom stereocenters. The molecule has 2 aromatic heterocycles. The van der Waals surface area contributed by atoms with E-state index in [-0.39, 0.29) is 12.4 Å². The van der Waals surface area contributed by atoms with Crippen molar-refractivity contribution in [3.63, 3.8) is 0 Å². The van der Waals surface area contributed by atoms with Crippen molar-refractivity contribution in [2.45, 2.75) is 26.4 Å². The Morgan fingerprint density at radius 3 is 2.86 bits per heavy atom. The molecule has 22 heavy (non-hydrogen) atoms. The van der Waals surface area contributed by atoms with Gasteiger partial charge < -0.3 is 10.6 Å². The molecule has 0 aliphatic carbocycles. The summed E-state index contributed by atoms with van der Waals surface area (Å²) >= 11 is 1.66. The van der Waals surface area contributed by atoms with E-state index < -0.39 is 6.55 Å². The van der Waals surface area contributed by atoms with Crippen LogP contribution in [0.15, 0.2) is 23.6 Å². The van der Waals surface area contributed by atoms with Crippen LogP contribution in [0.4, 0.5) is 8.78 Å². The van der Waals surface area contributed by atoms with Crippen LogP contribution in [0.25, 0.3) is 0 Å². The average molecular weight is 328 g/mol. The second-order valence-electron chi connectivity index (χ2n) is 4.50. The lowest BCUT2D eigenvalue weighted by Crippen LogP contribution is -2.38. The first-order valence-electron chi connectivity index (χ1n) is 6.76. The van der Waals surface area contributed by atoms with Gasteiger partial charge in [0.1, 0.15) is 5.82 Å². The Hall–Kier alpha value is -2.03. The highest BCUT2D eigenvalue weighted by Crippen LogP contribution is 2.12. The number of hydrogen-bond donors (Lipinski definition) is 2. The highest BCUT2D eigenvalue weighted by Gasteiger charge is 2.11. The third kappa shape index (κ3) is 4.48. The number of aromatic nitrogens is 3. The molecule has 2 rings (SSSR count). The van der Waals surface area contributed by atoms with Crippen molar-refractivity contribution < 1.29 is 8.78 Å². The first kappa shape index (κ1) is 16.3. The first-order valence-corrected chi connectivity index (χ1v) is 7.57. The predicted octanol–water partition coefficient (Wildman–Crippen LogP) is 1.95. The van der Waals surface area contributed by atoms with Crippen molar-refractivity contribution in [1.82, 2.24) is 25.2 Å². The van der Waals surface area contributed by atoms with Crippen LogP contribution in [0.5, 0.6) is 0 Å². The van der Waals surface area contributed by atoms with Crippen molar-refractivity contribution in [2.75, 3.05) is 13.6 Å². The molecule has 0 radical (unpaired) electrons. The van der Waals surface area contributed by atoms with E-state index in [1.807, 2.05) is 13.1 Å². The summed E-state index contributed by atoms with van der Waals surface area (Å²) in [4.78, 5) is 13.4. The van der Waals surface area contributed by atoms with E-state index in [2.05, 4.69) is 25.6 Å². The third-order valence-electron chi connectivity index (χ3n) is 2.90. The lowest BCUT2D eigenvalue weighted by Gasteiger charge is -2.12. The van der Waals surface area contributed by atoms with Gasteiger partial charge in [0.25, 0.3) is 0 Å². The molecule has 0 aliphatic heterocycles. The highest BCUT2D eigenvalue weighted by molar-refractivity contribution is 7.11. The average Bonchev–Trinajstić information content (AvgIpc) is 3.11. The van der Waals surface area contributed by atoms with Crippen molar-refractivity contribution in [1.29, 1.82) is 0 Å². The van der Waals surface area contributed by atoms with Crippen molar-refractivity contribution in [3.8, 4) is 0 Å². The fraction of sp³-hybridized carbons (Fsp3) is 0.462. The topological polar surface area (TPSA) is 67.1 Å². The quantitative estimate of drug-likeness (QED) is 0.628. The Kier molecular flexibility index (Phi) is 5.82. The molecule has 120 valence electrons. The Morgan fingerprint density at radius 1 is 1.41 bits per heavy atom. The highest BCUT2D eigenvalue weighted by atomic mass is 32.1. The summed E-state index contributed by atoms with van der Waals surface area (Å²) in [5.74, 6) is 0.797. The van der Waals surface area contributed by atoms with Gasteiger partial charge in [0.05, 0.1) is 11.6 Å². The number of aliphatic imine (C=N–C) groups is 1. The minimum absolute atomic E-state index is 0.174. The standard InChI is InChI=1S/C13H18F2N6S/c1-9-7-19-11(22-9)3-4-18-13(16-2)20-8-10-17-5-6-21(10)12(14)15/h5-7,12H,3-4,8H2,1-2H3,(H2,16,18,20). The molecular formula is C13H18F2N6S. The van der Waals surface area contributed by atoms with Gasteiger partial charge in [0.15, 0.2) is 5.96 Å². The largest absolute Gasteiger partial charge is 0.356 e. The number of imidazole rings is 1. The molecule has 0 unspecified atom stereocenters. The fourth-order valence-corrected chi connectivity index (χ4v) is 2.63. The van der Waals surface area contributed by atoms with Gasteiger partial charge in [-0.3, -0.25) is 9.56 Å². The zero-order chi connectivity index (χ0) is 15.9. The summed E-state index contributed by atoms with van der Waals surface area (Å²) < 4.78 is 26.2. The minimum Gasteiger partial charge on any atom is -0.356 e. The molecule has 6 nitrogen and oxygen atoms in total. The smallest absolute Gasteiger partial charge is 0.319 e. The molecule has 2 heterocycles. The first-order chi connectivity index (χ1) is 10.6. The maximum absolute atomic E-state index is 12.7. The number of nitrogens with zero attached hydrogens (tertiary/aromatic N) is 4. The van der Waals surface area contributed by atoms with Crippen molar-refractivity contribution in [2.24, 2.45) is 4.99 Å². The molecule has 0 amide bonds. The lowest BCUT2D eigenvalue weighted by atomic mass is 10.4. The summed E-state index contributed by atoms with van der Waals surface area (Å²) in [7, 11) is 1.63. The predicted molar refractivity (Wildman–Crippen MR) is 82.2 cm³/mol. The summed E-state index contributed by atoms with van der Waals surface area (Å²) in [6.45, 7) is 0.256. The number of nitrogens with one attached hydrogen (secondary N) is 2. The molecule has 2 N–H and O–H groups in total. The van der Waals surface area contributed by atoms with E-state index in [1.165, 1.54) is 17.3 Å². The third-order valence-corrected chi connectivity index (χ3v) is 3.87. The lowest BCUT2D eigenvalue weighted by molar-refractivity contribution is 0.0668.